The molecule has 4 rings (SSSR count). The fraction of sp³-hybridized carbons (Fsp3) is 0.350. The normalized spacial score (nSPS) is 17.5. The first-order chi connectivity index (χ1) is 12.6. The highest BCUT2D eigenvalue weighted by atomic mass is 32.1. The summed E-state index contributed by atoms with van der Waals surface area (Å²) in [5, 5.41) is 7.61. The Morgan fingerprint density at radius 1 is 1.19 bits per heavy atom. The summed E-state index contributed by atoms with van der Waals surface area (Å²) in [7, 11) is 0. The van der Waals surface area contributed by atoms with Gasteiger partial charge in [-0.05, 0) is 51.3 Å². The van der Waals surface area contributed by atoms with Crippen LogP contribution in [0.25, 0.3) is 5.69 Å². The maximum atomic E-state index is 13.2. The fourth-order valence-electron chi connectivity index (χ4n) is 3.50. The fourth-order valence-corrected chi connectivity index (χ4v) is 4.29. The molecule has 0 N–H and O–H groups in total. The molecule has 0 bridgehead atoms. The van der Waals surface area contributed by atoms with Crippen LogP contribution in [0.4, 0.5) is 0 Å². The minimum atomic E-state index is -0.00105. The van der Waals surface area contributed by atoms with Crippen molar-refractivity contribution in [1.82, 2.24) is 19.7 Å². The van der Waals surface area contributed by atoms with Gasteiger partial charge in [0.2, 0.25) is 0 Å². The topological polar surface area (TPSA) is 51.0 Å². The molecule has 5 nitrogen and oxygen atoms in total. The molecular formula is C20H22N4OS. The molecule has 1 aliphatic rings. The van der Waals surface area contributed by atoms with Gasteiger partial charge in [0, 0.05) is 23.8 Å². The van der Waals surface area contributed by atoms with E-state index in [0.29, 0.717) is 5.69 Å². The van der Waals surface area contributed by atoms with Gasteiger partial charge >= 0.3 is 0 Å². The van der Waals surface area contributed by atoms with Crippen LogP contribution in [0.5, 0.6) is 0 Å². The monoisotopic (exact) mass is 366 g/mol. The molecule has 1 aliphatic heterocycles. The van der Waals surface area contributed by atoms with Crippen molar-refractivity contribution in [1.29, 1.82) is 0 Å². The van der Waals surface area contributed by atoms with Gasteiger partial charge < -0.3 is 4.90 Å². The molecule has 3 aromatic rings. The third-order valence-corrected chi connectivity index (χ3v) is 5.76. The molecule has 1 unspecified atom stereocenters. The van der Waals surface area contributed by atoms with E-state index in [9.17, 15) is 4.79 Å². The lowest BCUT2D eigenvalue weighted by atomic mass is 10.0. The summed E-state index contributed by atoms with van der Waals surface area (Å²) in [6.07, 6.45) is 4.95. The van der Waals surface area contributed by atoms with E-state index in [-0.39, 0.29) is 11.9 Å². The zero-order valence-electron chi connectivity index (χ0n) is 15.1. The zero-order valence-corrected chi connectivity index (χ0v) is 15.9. The van der Waals surface area contributed by atoms with Crippen molar-refractivity contribution in [2.45, 2.75) is 39.2 Å². The lowest BCUT2D eigenvalue weighted by molar-refractivity contribution is 0.0604. The molecule has 0 aliphatic carbocycles. The van der Waals surface area contributed by atoms with Crippen molar-refractivity contribution < 1.29 is 4.79 Å². The van der Waals surface area contributed by atoms with E-state index < -0.39 is 0 Å². The number of aromatic nitrogens is 3. The molecule has 6 heteroatoms. The number of rotatable bonds is 3. The Hall–Kier alpha value is -2.47. The van der Waals surface area contributed by atoms with Crippen LogP contribution in [-0.2, 0) is 0 Å². The second kappa shape index (κ2) is 7.03. The molecule has 134 valence electrons. The van der Waals surface area contributed by atoms with E-state index in [0.717, 1.165) is 42.2 Å². The summed E-state index contributed by atoms with van der Waals surface area (Å²) in [5.41, 5.74) is 3.64. The van der Waals surface area contributed by atoms with Gasteiger partial charge in [-0.25, -0.2) is 9.67 Å². The molecule has 3 heterocycles. The predicted octanol–water partition coefficient (Wildman–Crippen LogP) is 4.31. The number of carbonyl (C=O) groups is 1. The summed E-state index contributed by atoms with van der Waals surface area (Å²) < 4.78 is 1.84. The average Bonchev–Trinajstić information content (AvgIpc) is 3.32. The Kier molecular flexibility index (Phi) is 4.59. The molecular weight excluding hydrogens is 344 g/mol. The molecule has 26 heavy (non-hydrogen) atoms. The number of nitrogens with zero attached hydrogens (tertiary/aromatic N) is 4. The van der Waals surface area contributed by atoms with Crippen LogP contribution in [-0.4, -0.2) is 32.1 Å². The maximum Gasteiger partial charge on any atom is 0.274 e. The molecule has 0 saturated carbocycles. The summed E-state index contributed by atoms with van der Waals surface area (Å²) in [6, 6.07) is 10.1. The van der Waals surface area contributed by atoms with Gasteiger partial charge in [0.1, 0.15) is 5.01 Å². The highest BCUT2D eigenvalue weighted by molar-refractivity contribution is 7.09. The molecule has 1 fully saturated rings. The third kappa shape index (κ3) is 3.17. The minimum absolute atomic E-state index is 0.00105. The van der Waals surface area contributed by atoms with Crippen LogP contribution in [0.15, 0.2) is 41.9 Å². The first-order valence-electron chi connectivity index (χ1n) is 8.97. The third-order valence-electron chi connectivity index (χ3n) is 4.89. The Bertz CT molecular complexity index is 899. The molecule has 1 saturated heterocycles. The molecule has 0 spiro atoms. The lowest BCUT2D eigenvalue weighted by Crippen LogP contribution is -2.38. The van der Waals surface area contributed by atoms with Gasteiger partial charge in [0.15, 0.2) is 5.69 Å². The number of amides is 1. The molecule has 2 aromatic heterocycles. The molecule has 1 atom stereocenters. The van der Waals surface area contributed by atoms with E-state index in [1.165, 1.54) is 5.56 Å². The standard InChI is InChI=1S/C20H22N4OS/c1-14-6-8-16(9-7-14)24-15(2)13-17(22-24)20(25)23-11-4-3-5-18(23)19-21-10-12-26-19/h6-10,12-13,18H,3-5,11H2,1-2H3. The van der Waals surface area contributed by atoms with Gasteiger partial charge in [0.05, 0.1) is 11.7 Å². The highest BCUT2D eigenvalue weighted by Gasteiger charge is 2.31. The van der Waals surface area contributed by atoms with E-state index in [1.807, 2.05) is 46.3 Å². The van der Waals surface area contributed by atoms with Crippen molar-refractivity contribution in [2.75, 3.05) is 6.54 Å². The summed E-state index contributed by atoms with van der Waals surface area (Å²) in [5.74, 6) is -0.00105. The Balaban J connectivity index is 1.63. The SMILES string of the molecule is Cc1ccc(-n2nc(C(=O)N3CCCCC3c3nccs3)cc2C)cc1. The van der Waals surface area contributed by atoms with Crippen LogP contribution in [0.3, 0.4) is 0 Å². The Labute approximate surface area is 157 Å². The van der Waals surface area contributed by atoms with E-state index in [2.05, 4.69) is 29.1 Å². The maximum absolute atomic E-state index is 13.2. The van der Waals surface area contributed by atoms with Crippen LogP contribution in [0, 0.1) is 13.8 Å². The summed E-state index contributed by atoms with van der Waals surface area (Å²) >= 11 is 1.62. The van der Waals surface area contributed by atoms with Crippen LogP contribution >= 0.6 is 11.3 Å². The minimum Gasteiger partial charge on any atom is -0.328 e. The quantitative estimate of drug-likeness (QED) is 0.694. The van der Waals surface area contributed by atoms with E-state index >= 15 is 0 Å². The second-order valence-electron chi connectivity index (χ2n) is 6.80. The van der Waals surface area contributed by atoms with Crippen molar-refractivity contribution in [3.63, 3.8) is 0 Å². The largest absolute Gasteiger partial charge is 0.328 e. The van der Waals surface area contributed by atoms with Gasteiger partial charge in [-0.3, -0.25) is 4.79 Å². The van der Waals surface area contributed by atoms with Gasteiger partial charge in [0.25, 0.3) is 5.91 Å². The summed E-state index contributed by atoms with van der Waals surface area (Å²) in [6.45, 7) is 4.81. The van der Waals surface area contributed by atoms with Crippen LogP contribution in [0.1, 0.15) is 52.1 Å². The number of aryl methyl sites for hydroxylation is 2. The predicted molar refractivity (Wildman–Crippen MR) is 103 cm³/mol. The number of hydrogen-bond donors (Lipinski definition) is 0. The lowest BCUT2D eigenvalue weighted by Gasteiger charge is -2.34. The van der Waals surface area contributed by atoms with Crippen LogP contribution < -0.4 is 0 Å². The Morgan fingerprint density at radius 2 is 2.00 bits per heavy atom. The van der Waals surface area contributed by atoms with Crippen molar-refractivity contribution in [3.05, 3.63) is 63.9 Å². The highest BCUT2D eigenvalue weighted by Crippen LogP contribution is 2.33. The smallest absolute Gasteiger partial charge is 0.274 e. The molecule has 1 amide bonds. The first-order valence-corrected chi connectivity index (χ1v) is 9.85. The second-order valence-corrected chi connectivity index (χ2v) is 7.72. The summed E-state index contributed by atoms with van der Waals surface area (Å²) in [4.78, 5) is 19.6. The Morgan fingerprint density at radius 3 is 2.73 bits per heavy atom. The first kappa shape index (κ1) is 17.0. The van der Waals surface area contributed by atoms with Crippen molar-refractivity contribution >= 4 is 17.2 Å². The van der Waals surface area contributed by atoms with E-state index in [1.54, 1.807) is 11.3 Å². The van der Waals surface area contributed by atoms with Gasteiger partial charge in [-0.15, -0.1) is 11.3 Å². The number of hydrogen-bond acceptors (Lipinski definition) is 4. The average molecular weight is 366 g/mol. The van der Waals surface area contributed by atoms with Crippen molar-refractivity contribution in [3.8, 4) is 5.69 Å². The molecule has 0 radical (unpaired) electrons. The van der Waals surface area contributed by atoms with Gasteiger partial charge in [-0.2, -0.15) is 5.10 Å². The number of thiazole rings is 1. The number of carbonyl (C=O) groups excluding carboxylic acids is 1. The van der Waals surface area contributed by atoms with Crippen molar-refractivity contribution in [2.24, 2.45) is 0 Å². The van der Waals surface area contributed by atoms with E-state index in [4.69, 9.17) is 0 Å². The number of piperidine rings is 1. The molecule has 1 aromatic carbocycles. The number of benzene rings is 1. The zero-order chi connectivity index (χ0) is 18.1. The van der Waals surface area contributed by atoms with Gasteiger partial charge in [-0.1, -0.05) is 17.7 Å². The number of likely N-dealkylation sites (tertiary alicyclic amines) is 1. The van der Waals surface area contributed by atoms with Crippen LogP contribution in [0.2, 0.25) is 0 Å².